The second-order valence-corrected chi connectivity index (χ2v) is 10.2. The highest BCUT2D eigenvalue weighted by molar-refractivity contribution is 6.37. The molecular formula is C34H30Cl2N2. The molecule has 0 aromatic heterocycles. The van der Waals surface area contributed by atoms with E-state index in [4.69, 9.17) is 23.2 Å². The van der Waals surface area contributed by atoms with Crippen LogP contribution in [0.5, 0.6) is 0 Å². The highest BCUT2D eigenvalue weighted by atomic mass is 35.5. The van der Waals surface area contributed by atoms with Crippen LogP contribution in [-0.4, -0.2) is 0 Å². The first-order chi connectivity index (χ1) is 18.7. The predicted octanol–water partition coefficient (Wildman–Crippen LogP) is 9.41. The SMILES string of the molecule is Clc1cc(N(Cc2ccccc2)Cc2ccccc2)c(Cl)cc1N(Cc1ccccc1)Cc1ccccc1. The summed E-state index contributed by atoms with van der Waals surface area (Å²) in [5.74, 6) is 0. The van der Waals surface area contributed by atoms with Crippen LogP contribution in [-0.2, 0) is 26.2 Å². The van der Waals surface area contributed by atoms with Crippen LogP contribution in [0.3, 0.4) is 0 Å². The maximum Gasteiger partial charge on any atom is 0.0661 e. The molecule has 0 amide bonds. The second kappa shape index (κ2) is 12.7. The summed E-state index contributed by atoms with van der Waals surface area (Å²) in [5.41, 5.74) is 6.72. The lowest BCUT2D eigenvalue weighted by Crippen LogP contribution is -2.24. The van der Waals surface area contributed by atoms with Crippen LogP contribution in [0.25, 0.3) is 0 Å². The van der Waals surface area contributed by atoms with Crippen molar-refractivity contribution in [3.8, 4) is 0 Å². The lowest BCUT2D eigenvalue weighted by atomic mass is 10.1. The molecule has 5 aromatic rings. The van der Waals surface area contributed by atoms with Crippen molar-refractivity contribution >= 4 is 34.6 Å². The summed E-state index contributed by atoms with van der Waals surface area (Å²) < 4.78 is 0. The van der Waals surface area contributed by atoms with E-state index in [1.165, 1.54) is 22.3 Å². The molecule has 0 spiro atoms. The number of hydrogen-bond acceptors (Lipinski definition) is 2. The van der Waals surface area contributed by atoms with Gasteiger partial charge in [0.15, 0.2) is 0 Å². The summed E-state index contributed by atoms with van der Waals surface area (Å²) in [6, 6.07) is 45.9. The Morgan fingerprint density at radius 1 is 0.368 bits per heavy atom. The van der Waals surface area contributed by atoms with Crippen LogP contribution < -0.4 is 9.80 Å². The summed E-state index contributed by atoms with van der Waals surface area (Å²) >= 11 is 14.1. The molecule has 190 valence electrons. The van der Waals surface area contributed by atoms with Crippen molar-refractivity contribution in [1.29, 1.82) is 0 Å². The molecule has 0 aliphatic heterocycles. The van der Waals surface area contributed by atoms with E-state index in [1.54, 1.807) is 0 Å². The lowest BCUT2D eigenvalue weighted by molar-refractivity contribution is 0.791. The van der Waals surface area contributed by atoms with Crippen molar-refractivity contribution in [2.24, 2.45) is 0 Å². The summed E-state index contributed by atoms with van der Waals surface area (Å²) in [4.78, 5) is 4.59. The Bertz CT molecular complexity index is 1230. The predicted molar refractivity (Wildman–Crippen MR) is 162 cm³/mol. The monoisotopic (exact) mass is 536 g/mol. The van der Waals surface area contributed by atoms with Crippen molar-refractivity contribution < 1.29 is 0 Å². The molecule has 0 bridgehead atoms. The summed E-state index contributed by atoms with van der Waals surface area (Å²) in [5, 5.41) is 1.37. The van der Waals surface area contributed by atoms with Crippen LogP contribution in [0.4, 0.5) is 11.4 Å². The van der Waals surface area contributed by atoms with Gasteiger partial charge in [0.1, 0.15) is 0 Å². The van der Waals surface area contributed by atoms with Gasteiger partial charge in [0.05, 0.1) is 21.4 Å². The average molecular weight is 538 g/mol. The van der Waals surface area contributed by atoms with Gasteiger partial charge in [0.2, 0.25) is 0 Å². The molecule has 0 heterocycles. The number of benzene rings is 5. The van der Waals surface area contributed by atoms with Gasteiger partial charge in [0.25, 0.3) is 0 Å². The minimum Gasteiger partial charge on any atom is -0.362 e. The first-order valence-corrected chi connectivity index (χ1v) is 13.6. The summed E-state index contributed by atoms with van der Waals surface area (Å²) in [7, 11) is 0. The lowest BCUT2D eigenvalue weighted by Gasteiger charge is -2.30. The maximum absolute atomic E-state index is 7.05. The molecule has 0 fully saturated rings. The molecule has 2 nitrogen and oxygen atoms in total. The van der Waals surface area contributed by atoms with Crippen molar-refractivity contribution in [1.82, 2.24) is 0 Å². The molecule has 0 aliphatic rings. The van der Waals surface area contributed by atoms with Gasteiger partial charge in [-0.2, -0.15) is 0 Å². The van der Waals surface area contributed by atoms with E-state index in [9.17, 15) is 0 Å². The van der Waals surface area contributed by atoms with E-state index in [1.807, 2.05) is 36.4 Å². The van der Waals surface area contributed by atoms with E-state index in [0.29, 0.717) is 10.0 Å². The molecule has 0 saturated carbocycles. The third-order valence-corrected chi connectivity index (χ3v) is 7.17. The van der Waals surface area contributed by atoms with Gasteiger partial charge in [-0.15, -0.1) is 0 Å². The van der Waals surface area contributed by atoms with Crippen LogP contribution in [0.2, 0.25) is 10.0 Å². The van der Waals surface area contributed by atoms with Gasteiger partial charge < -0.3 is 9.80 Å². The maximum atomic E-state index is 7.05. The van der Waals surface area contributed by atoms with E-state index in [-0.39, 0.29) is 0 Å². The Hall–Kier alpha value is -3.72. The van der Waals surface area contributed by atoms with Crippen molar-refractivity contribution in [2.75, 3.05) is 9.80 Å². The number of rotatable bonds is 10. The molecule has 4 heteroatoms. The topological polar surface area (TPSA) is 6.48 Å². The first-order valence-electron chi connectivity index (χ1n) is 12.8. The third kappa shape index (κ3) is 6.77. The van der Waals surface area contributed by atoms with Crippen molar-refractivity contribution in [3.05, 3.63) is 166 Å². The zero-order chi connectivity index (χ0) is 26.2. The number of halogens is 2. The zero-order valence-corrected chi connectivity index (χ0v) is 22.7. The quantitative estimate of drug-likeness (QED) is 0.175. The van der Waals surface area contributed by atoms with E-state index in [2.05, 4.69) is 107 Å². The molecular weight excluding hydrogens is 507 g/mol. The van der Waals surface area contributed by atoms with E-state index in [0.717, 1.165) is 37.6 Å². The minimum absolute atomic E-state index is 0.683. The normalized spacial score (nSPS) is 10.8. The molecule has 0 radical (unpaired) electrons. The number of anilines is 2. The van der Waals surface area contributed by atoms with Crippen LogP contribution in [0, 0.1) is 0 Å². The van der Waals surface area contributed by atoms with Gasteiger partial charge >= 0.3 is 0 Å². The fourth-order valence-corrected chi connectivity index (χ4v) is 5.23. The average Bonchev–Trinajstić information content (AvgIpc) is 2.96. The van der Waals surface area contributed by atoms with Crippen LogP contribution in [0.1, 0.15) is 22.3 Å². The van der Waals surface area contributed by atoms with Gasteiger partial charge in [0, 0.05) is 26.2 Å². The fraction of sp³-hybridized carbons (Fsp3) is 0.118. The largest absolute Gasteiger partial charge is 0.362 e. The van der Waals surface area contributed by atoms with Gasteiger partial charge in [-0.05, 0) is 34.4 Å². The molecule has 0 saturated heterocycles. The molecule has 0 atom stereocenters. The highest BCUT2D eigenvalue weighted by Gasteiger charge is 2.19. The standard InChI is InChI=1S/C34H30Cl2N2/c35-31-22-34(38(25-29-17-9-3-10-18-29)26-30-19-11-4-12-20-30)32(36)21-33(31)37(23-27-13-5-1-6-14-27)24-28-15-7-2-8-16-28/h1-22H,23-26H2. The van der Waals surface area contributed by atoms with Gasteiger partial charge in [-0.25, -0.2) is 0 Å². The zero-order valence-electron chi connectivity index (χ0n) is 21.2. The molecule has 0 unspecified atom stereocenters. The van der Waals surface area contributed by atoms with Crippen LogP contribution in [0.15, 0.2) is 133 Å². The molecule has 5 rings (SSSR count). The molecule has 5 aromatic carbocycles. The molecule has 38 heavy (non-hydrogen) atoms. The summed E-state index contributed by atoms with van der Waals surface area (Å²) in [6.45, 7) is 2.90. The second-order valence-electron chi connectivity index (χ2n) is 9.41. The molecule has 0 aliphatic carbocycles. The van der Waals surface area contributed by atoms with Crippen molar-refractivity contribution in [3.63, 3.8) is 0 Å². The van der Waals surface area contributed by atoms with E-state index < -0.39 is 0 Å². The van der Waals surface area contributed by atoms with Gasteiger partial charge in [-0.3, -0.25) is 0 Å². The first kappa shape index (κ1) is 25.9. The van der Waals surface area contributed by atoms with Gasteiger partial charge in [-0.1, -0.05) is 145 Å². The number of nitrogens with zero attached hydrogens (tertiary/aromatic N) is 2. The van der Waals surface area contributed by atoms with Crippen LogP contribution >= 0.6 is 23.2 Å². The third-order valence-electron chi connectivity index (χ3n) is 6.56. The minimum atomic E-state index is 0.683. The Balaban J connectivity index is 1.50. The Labute approximate surface area is 235 Å². The fourth-order valence-electron chi connectivity index (χ4n) is 4.68. The van der Waals surface area contributed by atoms with Crippen molar-refractivity contribution in [2.45, 2.75) is 26.2 Å². The Kier molecular flexibility index (Phi) is 8.65. The smallest absolute Gasteiger partial charge is 0.0661 e. The number of hydrogen-bond donors (Lipinski definition) is 0. The Morgan fingerprint density at radius 3 is 0.842 bits per heavy atom. The molecule has 0 N–H and O–H groups in total. The van der Waals surface area contributed by atoms with E-state index >= 15 is 0 Å². The highest BCUT2D eigenvalue weighted by Crippen LogP contribution is 2.39. The summed E-state index contributed by atoms with van der Waals surface area (Å²) in [6.07, 6.45) is 0. The Morgan fingerprint density at radius 2 is 0.605 bits per heavy atom.